The molecule has 5 heteroatoms. The highest BCUT2D eigenvalue weighted by molar-refractivity contribution is 5.77. The predicted molar refractivity (Wildman–Crippen MR) is 70.4 cm³/mol. The van der Waals surface area contributed by atoms with Crippen LogP contribution >= 0.6 is 0 Å². The average molecular weight is 269 g/mol. The fourth-order valence-corrected chi connectivity index (χ4v) is 1.68. The summed E-state index contributed by atoms with van der Waals surface area (Å²) in [7, 11) is 0. The standard InChI is InChI=1S/C14H20FNO3/c1-10(7-11(2)17)8-16-14(18)9-19-13-5-3-12(15)4-6-13/h3-6,10-11,17H,7-9H2,1-2H3,(H,16,18). The van der Waals surface area contributed by atoms with E-state index in [4.69, 9.17) is 4.74 Å². The summed E-state index contributed by atoms with van der Waals surface area (Å²) < 4.78 is 17.9. The first-order valence-corrected chi connectivity index (χ1v) is 6.30. The number of benzene rings is 1. The van der Waals surface area contributed by atoms with Crippen molar-refractivity contribution in [2.75, 3.05) is 13.2 Å². The molecule has 2 unspecified atom stereocenters. The van der Waals surface area contributed by atoms with Crippen molar-refractivity contribution in [3.8, 4) is 5.75 Å². The number of halogens is 1. The van der Waals surface area contributed by atoms with E-state index < -0.39 is 0 Å². The lowest BCUT2D eigenvalue weighted by Crippen LogP contribution is -2.33. The Kier molecular flexibility index (Phi) is 6.29. The van der Waals surface area contributed by atoms with Crippen molar-refractivity contribution in [3.63, 3.8) is 0 Å². The molecule has 2 atom stereocenters. The molecule has 1 amide bonds. The van der Waals surface area contributed by atoms with Gasteiger partial charge in [0.2, 0.25) is 0 Å². The summed E-state index contributed by atoms with van der Waals surface area (Å²) in [5, 5.41) is 11.9. The maximum absolute atomic E-state index is 12.6. The van der Waals surface area contributed by atoms with Crippen LogP contribution in [0.5, 0.6) is 5.75 Å². The zero-order chi connectivity index (χ0) is 14.3. The molecule has 106 valence electrons. The Balaban J connectivity index is 2.22. The lowest BCUT2D eigenvalue weighted by Gasteiger charge is -2.14. The van der Waals surface area contributed by atoms with Crippen LogP contribution in [0.4, 0.5) is 4.39 Å². The number of hydrogen-bond acceptors (Lipinski definition) is 3. The molecule has 1 aromatic carbocycles. The number of aliphatic hydroxyl groups excluding tert-OH is 1. The Hall–Kier alpha value is -1.62. The number of carbonyl (C=O) groups excluding carboxylic acids is 1. The van der Waals surface area contributed by atoms with E-state index >= 15 is 0 Å². The molecule has 0 saturated heterocycles. The van der Waals surface area contributed by atoms with Gasteiger partial charge in [-0.25, -0.2) is 4.39 Å². The minimum Gasteiger partial charge on any atom is -0.484 e. The number of hydrogen-bond donors (Lipinski definition) is 2. The van der Waals surface area contributed by atoms with Gasteiger partial charge in [0.1, 0.15) is 11.6 Å². The Morgan fingerprint density at radius 3 is 2.58 bits per heavy atom. The molecule has 1 rings (SSSR count). The van der Waals surface area contributed by atoms with Crippen molar-refractivity contribution in [3.05, 3.63) is 30.1 Å². The second-order valence-electron chi connectivity index (χ2n) is 4.74. The summed E-state index contributed by atoms with van der Waals surface area (Å²) >= 11 is 0. The van der Waals surface area contributed by atoms with E-state index in [1.165, 1.54) is 24.3 Å². The Labute approximate surface area is 112 Å². The molecule has 0 saturated carbocycles. The van der Waals surface area contributed by atoms with Gasteiger partial charge in [-0.05, 0) is 43.5 Å². The van der Waals surface area contributed by atoms with Gasteiger partial charge in [0.15, 0.2) is 6.61 Å². The summed E-state index contributed by atoms with van der Waals surface area (Å²) in [6.07, 6.45) is 0.265. The van der Waals surface area contributed by atoms with Crippen molar-refractivity contribution in [1.29, 1.82) is 0 Å². The molecule has 0 aliphatic carbocycles. The van der Waals surface area contributed by atoms with Crippen LogP contribution in [0.15, 0.2) is 24.3 Å². The average Bonchev–Trinajstić information content (AvgIpc) is 2.35. The normalized spacial score (nSPS) is 13.7. The molecule has 0 fully saturated rings. The summed E-state index contributed by atoms with van der Waals surface area (Å²) in [4.78, 5) is 11.5. The molecule has 0 aliphatic heterocycles. The molecule has 4 nitrogen and oxygen atoms in total. The first-order chi connectivity index (χ1) is 8.97. The van der Waals surface area contributed by atoms with Gasteiger partial charge in [0, 0.05) is 6.54 Å². The van der Waals surface area contributed by atoms with Gasteiger partial charge < -0.3 is 15.2 Å². The Morgan fingerprint density at radius 2 is 2.00 bits per heavy atom. The number of aliphatic hydroxyl groups is 1. The zero-order valence-corrected chi connectivity index (χ0v) is 11.2. The van der Waals surface area contributed by atoms with E-state index in [0.29, 0.717) is 18.7 Å². The quantitative estimate of drug-likeness (QED) is 0.792. The topological polar surface area (TPSA) is 58.6 Å². The van der Waals surface area contributed by atoms with Crippen LogP contribution in [-0.2, 0) is 4.79 Å². The van der Waals surface area contributed by atoms with Crippen molar-refractivity contribution >= 4 is 5.91 Å². The highest BCUT2D eigenvalue weighted by atomic mass is 19.1. The first-order valence-electron chi connectivity index (χ1n) is 6.30. The Bertz CT molecular complexity index is 392. The number of carbonyl (C=O) groups is 1. The summed E-state index contributed by atoms with van der Waals surface area (Å²) in [5.41, 5.74) is 0. The van der Waals surface area contributed by atoms with Crippen molar-refractivity contribution in [1.82, 2.24) is 5.32 Å². The van der Waals surface area contributed by atoms with Crippen LogP contribution in [0.2, 0.25) is 0 Å². The maximum Gasteiger partial charge on any atom is 0.257 e. The fraction of sp³-hybridized carbons (Fsp3) is 0.500. The molecular weight excluding hydrogens is 249 g/mol. The van der Waals surface area contributed by atoms with E-state index in [1.54, 1.807) is 6.92 Å². The minimum atomic E-state index is -0.373. The Morgan fingerprint density at radius 1 is 1.37 bits per heavy atom. The smallest absolute Gasteiger partial charge is 0.257 e. The summed E-state index contributed by atoms with van der Waals surface area (Å²) in [6.45, 7) is 4.06. The monoisotopic (exact) mass is 269 g/mol. The van der Waals surface area contributed by atoms with Crippen LogP contribution in [0.1, 0.15) is 20.3 Å². The molecular formula is C14H20FNO3. The van der Waals surface area contributed by atoms with Crippen LogP contribution in [0, 0.1) is 11.7 Å². The van der Waals surface area contributed by atoms with Crippen LogP contribution in [-0.4, -0.2) is 30.3 Å². The van der Waals surface area contributed by atoms with E-state index in [-0.39, 0.29) is 30.4 Å². The third-order valence-electron chi connectivity index (χ3n) is 2.57. The van der Waals surface area contributed by atoms with Gasteiger partial charge in [-0.2, -0.15) is 0 Å². The molecule has 19 heavy (non-hydrogen) atoms. The second-order valence-corrected chi connectivity index (χ2v) is 4.74. The first kappa shape index (κ1) is 15.4. The largest absolute Gasteiger partial charge is 0.484 e. The number of rotatable bonds is 7. The van der Waals surface area contributed by atoms with E-state index in [1.807, 2.05) is 6.92 Å². The van der Waals surface area contributed by atoms with Crippen LogP contribution in [0.25, 0.3) is 0 Å². The van der Waals surface area contributed by atoms with E-state index in [2.05, 4.69) is 5.32 Å². The highest BCUT2D eigenvalue weighted by Gasteiger charge is 2.08. The number of nitrogens with one attached hydrogen (secondary N) is 1. The third kappa shape index (κ3) is 6.76. The molecule has 0 aromatic heterocycles. The molecule has 0 radical (unpaired) electrons. The maximum atomic E-state index is 12.6. The number of ether oxygens (including phenoxy) is 1. The van der Waals surface area contributed by atoms with Crippen molar-refractivity contribution < 1.29 is 19.0 Å². The van der Waals surface area contributed by atoms with Gasteiger partial charge in [-0.15, -0.1) is 0 Å². The second kappa shape index (κ2) is 7.74. The van der Waals surface area contributed by atoms with E-state index in [0.717, 1.165) is 0 Å². The van der Waals surface area contributed by atoms with Gasteiger partial charge in [-0.3, -0.25) is 4.79 Å². The van der Waals surface area contributed by atoms with Crippen LogP contribution < -0.4 is 10.1 Å². The lowest BCUT2D eigenvalue weighted by atomic mass is 10.1. The molecule has 0 aliphatic rings. The molecule has 0 bridgehead atoms. The van der Waals surface area contributed by atoms with Gasteiger partial charge in [0.05, 0.1) is 6.10 Å². The van der Waals surface area contributed by atoms with Crippen molar-refractivity contribution in [2.24, 2.45) is 5.92 Å². The van der Waals surface area contributed by atoms with Crippen LogP contribution in [0.3, 0.4) is 0 Å². The van der Waals surface area contributed by atoms with Gasteiger partial charge >= 0.3 is 0 Å². The fourth-order valence-electron chi connectivity index (χ4n) is 1.68. The molecule has 2 N–H and O–H groups in total. The predicted octanol–water partition coefficient (Wildman–Crippen LogP) is 1.73. The lowest BCUT2D eigenvalue weighted by molar-refractivity contribution is -0.123. The third-order valence-corrected chi connectivity index (χ3v) is 2.57. The van der Waals surface area contributed by atoms with Crippen molar-refractivity contribution in [2.45, 2.75) is 26.4 Å². The summed E-state index contributed by atoms with van der Waals surface area (Å²) in [6, 6.07) is 5.49. The molecule has 0 spiro atoms. The number of amides is 1. The minimum absolute atomic E-state index is 0.104. The van der Waals surface area contributed by atoms with E-state index in [9.17, 15) is 14.3 Å². The molecule has 1 aromatic rings. The SMILES string of the molecule is CC(O)CC(C)CNC(=O)COc1ccc(F)cc1. The van der Waals surface area contributed by atoms with Gasteiger partial charge in [0.25, 0.3) is 5.91 Å². The highest BCUT2D eigenvalue weighted by Crippen LogP contribution is 2.10. The summed E-state index contributed by atoms with van der Waals surface area (Å²) in [5.74, 6) is 0.0777. The van der Waals surface area contributed by atoms with Gasteiger partial charge in [-0.1, -0.05) is 6.92 Å². The molecule has 0 heterocycles. The zero-order valence-electron chi connectivity index (χ0n) is 11.2.